The van der Waals surface area contributed by atoms with E-state index in [1.807, 2.05) is 0 Å². The summed E-state index contributed by atoms with van der Waals surface area (Å²) in [5.41, 5.74) is -1.07. The molecule has 2 rings (SSSR count). The predicted octanol–water partition coefficient (Wildman–Crippen LogP) is -1.51. The maximum absolute atomic E-state index is 12.2. The fourth-order valence-electron chi connectivity index (χ4n) is 2.24. The molecule has 0 saturated carbocycles. The van der Waals surface area contributed by atoms with Crippen LogP contribution in [-0.2, 0) is 33.8 Å². The smallest absolute Gasteiger partial charge is 0.352 e. The largest absolute Gasteiger partial charge is 0.477 e. The molecule has 0 aromatic heterocycles. The Morgan fingerprint density at radius 1 is 1.45 bits per heavy atom. The molecular formula is C11H12N2O8S. The third kappa shape index (κ3) is 2.43. The van der Waals surface area contributed by atoms with E-state index in [2.05, 4.69) is 14.7 Å². The van der Waals surface area contributed by atoms with Gasteiger partial charge in [-0.15, -0.1) is 0 Å². The number of carbonyl (C=O) groups excluding carboxylic acids is 2. The number of fused-ring (bicyclic) bond motifs is 1. The number of oxime groups is 1. The van der Waals surface area contributed by atoms with E-state index in [1.54, 1.807) is 0 Å². The first-order chi connectivity index (χ1) is 10.2. The number of carbonyl (C=O) groups is 3. The minimum Gasteiger partial charge on any atom is -0.477 e. The number of sulfone groups is 1. The van der Waals surface area contributed by atoms with E-state index in [9.17, 15) is 27.9 Å². The van der Waals surface area contributed by atoms with E-state index < -0.39 is 51.1 Å². The summed E-state index contributed by atoms with van der Waals surface area (Å²) in [6, 6.07) is 0. The molecular weight excluding hydrogens is 320 g/mol. The van der Waals surface area contributed by atoms with Crippen molar-refractivity contribution < 1.29 is 37.5 Å². The molecule has 0 radical (unpaired) electrons. The summed E-state index contributed by atoms with van der Waals surface area (Å²) in [6.07, 6.45) is 0. The number of nitrogens with zero attached hydrogens (tertiary/aromatic N) is 2. The zero-order chi connectivity index (χ0) is 16.7. The molecule has 1 fully saturated rings. The van der Waals surface area contributed by atoms with Crippen LogP contribution in [-0.4, -0.2) is 66.8 Å². The molecule has 11 heteroatoms. The minimum atomic E-state index is -3.91. The average Bonchev–Trinajstić information content (AvgIpc) is 2.40. The van der Waals surface area contributed by atoms with Gasteiger partial charge in [-0.25, -0.2) is 13.2 Å². The summed E-state index contributed by atoms with van der Waals surface area (Å²) in [7, 11) is -2.77. The molecule has 0 unspecified atom stereocenters. The quantitative estimate of drug-likeness (QED) is 0.372. The molecule has 0 spiro atoms. The Morgan fingerprint density at radius 3 is 2.59 bits per heavy atom. The highest BCUT2D eigenvalue weighted by Crippen LogP contribution is 2.35. The SMILES string of the molecule is CON=C1C(=O)N2C(C(=O)O)=C(COC(C)=O)CS(=O)(=O)[C@@H]12. The molecule has 2 heterocycles. The zero-order valence-corrected chi connectivity index (χ0v) is 12.4. The number of aliphatic carboxylic acids is 1. The maximum Gasteiger partial charge on any atom is 0.352 e. The van der Waals surface area contributed by atoms with E-state index in [4.69, 9.17) is 0 Å². The number of hydrogen-bond acceptors (Lipinski definition) is 8. The molecule has 1 amide bonds. The number of hydrogen-bond donors (Lipinski definition) is 1. The van der Waals surface area contributed by atoms with Gasteiger partial charge in [0, 0.05) is 12.5 Å². The standard InChI is InChI=1S/C11H12N2O8S/c1-5(14)21-3-6-4-22(18,19)10-7(12-20-2)9(15)13(10)8(6)11(16)17/h10H,3-4H2,1-2H3,(H,16,17)/t10-/m0/s1. The second kappa shape index (κ2) is 5.40. The van der Waals surface area contributed by atoms with Crippen molar-refractivity contribution in [1.29, 1.82) is 0 Å². The van der Waals surface area contributed by atoms with Crippen LogP contribution in [0.1, 0.15) is 6.92 Å². The summed E-state index contributed by atoms with van der Waals surface area (Å²) in [4.78, 5) is 39.1. The van der Waals surface area contributed by atoms with Gasteiger partial charge in [0.15, 0.2) is 20.9 Å². The third-order valence-corrected chi connectivity index (χ3v) is 4.90. The van der Waals surface area contributed by atoms with Crippen molar-refractivity contribution in [2.75, 3.05) is 19.5 Å². The minimum absolute atomic E-state index is 0.177. The van der Waals surface area contributed by atoms with Gasteiger partial charge in [0.05, 0.1) is 5.75 Å². The Balaban J connectivity index is 2.50. The molecule has 0 aromatic rings. The van der Waals surface area contributed by atoms with Gasteiger partial charge in [-0.3, -0.25) is 14.5 Å². The van der Waals surface area contributed by atoms with Gasteiger partial charge >= 0.3 is 11.9 Å². The summed E-state index contributed by atoms with van der Waals surface area (Å²) in [6.45, 7) is 0.572. The average molecular weight is 332 g/mol. The maximum atomic E-state index is 12.2. The van der Waals surface area contributed by atoms with Gasteiger partial charge in [-0.1, -0.05) is 5.16 Å². The number of amides is 1. The Labute approximate surface area is 124 Å². The molecule has 10 nitrogen and oxygen atoms in total. The predicted molar refractivity (Wildman–Crippen MR) is 70.2 cm³/mol. The summed E-state index contributed by atoms with van der Waals surface area (Å²) in [5.74, 6) is -3.73. The first-order valence-corrected chi connectivity index (χ1v) is 7.67. The Kier molecular flexibility index (Phi) is 3.92. The fraction of sp³-hybridized carbons (Fsp3) is 0.455. The van der Waals surface area contributed by atoms with Crippen molar-refractivity contribution in [3.63, 3.8) is 0 Å². The lowest BCUT2D eigenvalue weighted by molar-refractivity contribution is -0.141. The number of rotatable bonds is 4. The van der Waals surface area contributed by atoms with Crippen molar-refractivity contribution in [1.82, 2.24) is 4.90 Å². The fourth-order valence-corrected chi connectivity index (χ4v) is 4.11. The highest BCUT2D eigenvalue weighted by Gasteiger charge is 2.58. The molecule has 1 saturated heterocycles. The Bertz CT molecular complexity index is 720. The third-order valence-electron chi connectivity index (χ3n) is 3.04. The molecule has 0 aromatic carbocycles. The van der Waals surface area contributed by atoms with E-state index in [1.165, 1.54) is 0 Å². The van der Waals surface area contributed by atoms with E-state index >= 15 is 0 Å². The van der Waals surface area contributed by atoms with Gasteiger partial charge in [-0.05, 0) is 0 Å². The van der Waals surface area contributed by atoms with E-state index in [0.29, 0.717) is 4.90 Å². The highest BCUT2D eigenvalue weighted by atomic mass is 32.2. The van der Waals surface area contributed by atoms with Crippen LogP contribution in [0.25, 0.3) is 0 Å². The van der Waals surface area contributed by atoms with Crippen molar-refractivity contribution in [3.05, 3.63) is 11.3 Å². The second-order valence-corrected chi connectivity index (χ2v) is 6.59. The summed E-state index contributed by atoms with van der Waals surface area (Å²) >= 11 is 0. The van der Waals surface area contributed by atoms with Crippen molar-refractivity contribution in [2.45, 2.75) is 12.3 Å². The van der Waals surface area contributed by atoms with E-state index in [0.717, 1.165) is 14.0 Å². The van der Waals surface area contributed by atoms with Crippen LogP contribution in [0.4, 0.5) is 0 Å². The lowest BCUT2D eigenvalue weighted by Crippen LogP contribution is -2.68. The molecule has 1 atom stereocenters. The number of carboxylic acids is 1. The number of ether oxygens (including phenoxy) is 1. The lowest BCUT2D eigenvalue weighted by atomic mass is 10.1. The molecule has 0 aliphatic carbocycles. The number of esters is 1. The molecule has 0 bridgehead atoms. The van der Waals surface area contributed by atoms with Crippen molar-refractivity contribution in [2.24, 2.45) is 5.16 Å². The first-order valence-electron chi connectivity index (χ1n) is 5.95. The Morgan fingerprint density at radius 2 is 2.09 bits per heavy atom. The molecule has 22 heavy (non-hydrogen) atoms. The zero-order valence-electron chi connectivity index (χ0n) is 11.6. The Hall–Kier alpha value is -2.43. The van der Waals surface area contributed by atoms with Gasteiger partial charge in [0.2, 0.25) is 0 Å². The van der Waals surface area contributed by atoms with Crippen molar-refractivity contribution >= 4 is 33.4 Å². The van der Waals surface area contributed by atoms with Crippen LogP contribution in [0, 0.1) is 0 Å². The van der Waals surface area contributed by atoms with Crippen LogP contribution in [0.15, 0.2) is 16.4 Å². The molecule has 1 N–H and O–H groups in total. The highest BCUT2D eigenvalue weighted by molar-refractivity contribution is 7.93. The topological polar surface area (TPSA) is 140 Å². The number of carboxylic acid groups (broad SMARTS) is 1. The van der Waals surface area contributed by atoms with Gasteiger partial charge in [0.25, 0.3) is 5.91 Å². The molecule has 2 aliphatic heterocycles. The first kappa shape index (κ1) is 15.9. The van der Waals surface area contributed by atoms with E-state index in [-0.39, 0.29) is 11.3 Å². The van der Waals surface area contributed by atoms with Crippen LogP contribution in [0.3, 0.4) is 0 Å². The summed E-state index contributed by atoms with van der Waals surface area (Å²) in [5, 5.41) is 11.1. The number of β-lactam (4-membered cyclic amide) rings is 1. The van der Waals surface area contributed by atoms with Crippen LogP contribution in [0.2, 0.25) is 0 Å². The normalized spacial score (nSPS) is 24.6. The monoisotopic (exact) mass is 332 g/mol. The lowest BCUT2D eigenvalue weighted by Gasteiger charge is -2.43. The van der Waals surface area contributed by atoms with Gasteiger partial charge in [0.1, 0.15) is 19.4 Å². The molecule has 2 aliphatic rings. The van der Waals surface area contributed by atoms with Gasteiger partial charge < -0.3 is 14.7 Å². The van der Waals surface area contributed by atoms with Crippen LogP contribution < -0.4 is 0 Å². The summed E-state index contributed by atoms with van der Waals surface area (Å²) < 4.78 is 29.1. The molecule has 120 valence electrons. The van der Waals surface area contributed by atoms with Crippen LogP contribution >= 0.6 is 0 Å². The second-order valence-electron chi connectivity index (χ2n) is 4.53. The van der Waals surface area contributed by atoms with Crippen LogP contribution in [0.5, 0.6) is 0 Å². The van der Waals surface area contributed by atoms with Gasteiger partial charge in [-0.2, -0.15) is 0 Å². The van der Waals surface area contributed by atoms with Crippen molar-refractivity contribution in [3.8, 4) is 0 Å².